The number of rotatable bonds is 13. The summed E-state index contributed by atoms with van der Waals surface area (Å²) in [5.41, 5.74) is 2.88. The highest BCUT2D eigenvalue weighted by Gasteiger charge is 2.10. The lowest BCUT2D eigenvalue weighted by Crippen LogP contribution is -2.05. The molecule has 0 bridgehead atoms. The lowest BCUT2D eigenvalue weighted by atomic mass is 10.1. The van der Waals surface area contributed by atoms with E-state index in [1.54, 1.807) is 0 Å². The summed E-state index contributed by atoms with van der Waals surface area (Å²) in [6, 6.07) is 21.7. The molecule has 0 aliphatic rings. The first-order chi connectivity index (χ1) is 12.9. The van der Waals surface area contributed by atoms with Crippen LogP contribution in [0.4, 0.5) is 0 Å². The van der Waals surface area contributed by atoms with Crippen molar-refractivity contribution >= 4 is 29.7 Å². The van der Waals surface area contributed by atoms with E-state index in [9.17, 15) is 0 Å². The largest absolute Gasteiger partial charge is 0.301 e. The maximum absolute atomic E-state index is 4.08. The van der Waals surface area contributed by atoms with Gasteiger partial charge in [0.1, 0.15) is 0 Å². The van der Waals surface area contributed by atoms with Gasteiger partial charge in [0.2, 0.25) is 0 Å². The number of hydrogen-bond acceptors (Lipinski definition) is 3. The predicted octanol–water partition coefficient (Wildman–Crippen LogP) is 6.87. The molecule has 0 heterocycles. The van der Waals surface area contributed by atoms with Crippen LogP contribution in [0.15, 0.2) is 65.7 Å². The van der Waals surface area contributed by atoms with Crippen LogP contribution in [0.5, 0.6) is 0 Å². The Labute approximate surface area is 168 Å². The lowest BCUT2D eigenvalue weighted by molar-refractivity contribution is 0.660. The van der Waals surface area contributed by atoms with Crippen LogP contribution in [0.3, 0.4) is 0 Å². The van der Waals surface area contributed by atoms with Crippen LogP contribution in [-0.4, -0.2) is 24.3 Å². The maximum Gasteiger partial charge on any atom is 0.0273 e. The molecule has 0 N–H and O–H groups in total. The van der Waals surface area contributed by atoms with E-state index in [-0.39, 0.29) is 0 Å². The first-order valence-electron chi connectivity index (χ1n) is 9.56. The van der Waals surface area contributed by atoms with Crippen molar-refractivity contribution in [2.75, 3.05) is 12.8 Å². The van der Waals surface area contributed by atoms with Crippen molar-refractivity contribution in [3.8, 4) is 0 Å². The highest BCUT2D eigenvalue weighted by atomic mass is 32.2. The molecule has 26 heavy (non-hydrogen) atoms. The molecular formula is C23H31NS2. The number of aliphatic imine (C=N–C) groups is 1. The van der Waals surface area contributed by atoms with E-state index in [2.05, 4.69) is 89.2 Å². The Morgan fingerprint density at radius 3 is 2.15 bits per heavy atom. The highest BCUT2D eigenvalue weighted by Crippen LogP contribution is 2.27. The Bertz CT molecular complexity index is 598. The van der Waals surface area contributed by atoms with Crippen LogP contribution < -0.4 is 0 Å². The molecule has 1 atom stereocenters. The summed E-state index contributed by atoms with van der Waals surface area (Å²) in [4.78, 5) is 4.08. The molecular weight excluding hydrogens is 354 g/mol. The van der Waals surface area contributed by atoms with Gasteiger partial charge in [-0.15, -0.1) is 0 Å². The minimum atomic E-state index is 0.761. The molecule has 0 radical (unpaired) electrons. The van der Waals surface area contributed by atoms with E-state index in [4.69, 9.17) is 0 Å². The second-order valence-corrected chi connectivity index (χ2v) is 8.86. The number of nitrogens with zero attached hydrogens (tertiary/aromatic N) is 1. The first-order valence-corrected chi connectivity index (χ1v) is 11.8. The van der Waals surface area contributed by atoms with Crippen LogP contribution in [0.2, 0.25) is 0 Å². The fourth-order valence-corrected chi connectivity index (χ4v) is 5.23. The lowest BCUT2D eigenvalue weighted by Gasteiger charge is -2.16. The van der Waals surface area contributed by atoms with Crippen LogP contribution in [0.25, 0.3) is 0 Å². The maximum atomic E-state index is 4.08. The highest BCUT2D eigenvalue weighted by molar-refractivity contribution is 7.99. The Morgan fingerprint density at radius 2 is 1.50 bits per heavy atom. The summed E-state index contributed by atoms with van der Waals surface area (Å²) in [6.07, 6.45) is 8.35. The average Bonchev–Trinajstić information content (AvgIpc) is 2.70. The van der Waals surface area contributed by atoms with Gasteiger partial charge in [-0.1, -0.05) is 67.1 Å². The van der Waals surface area contributed by atoms with E-state index in [0.29, 0.717) is 0 Å². The monoisotopic (exact) mass is 385 g/mol. The van der Waals surface area contributed by atoms with E-state index in [0.717, 1.165) is 23.2 Å². The minimum Gasteiger partial charge on any atom is -0.301 e. The van der Waals surface area contributed by atoms with Crippen molar-refractivity contribution < 1.29 is 0 Å². The van der Waals surface area contributed by atoms with Crippen LogP contribution in [-0.2, 0) is 11.5 Å². The van der Waals surface area contributed by atoms with Gasteiger partial charge in [-0.25, -0.2) is 0 Å². The standard InChI is InChI=1S/C23H31NS2/c1-24-17-10-4-9-15-23(26-20-22-13-7-3-8-14-22)16-18-25-19-21-11-5-2-6-12-21/h2-3,5-8,11-14,17,23H,4,9-10,15-16,18-20H2,1H3/b24-17-. The summed E-state index contributed by atoms with van der Waals surface area (Å²) in [7, 11) is 1.86. The molecule has 0 spiro atoms. The van der Waals surface area contributed by atoms with Gasteiger partial charge in [-0.3, -0.25) is 0 Å². The first kappa shape index (κ1) is 21.1. The summed E-state index contributed by atoms with van der Waals surface area (Å²) in [6.45, 7) is 0. The molecule has 0 saturated carbocycles. The van der Waals surface area contributed by atoms with Crippen molar-refractivity contribution in [1.82, 2.24) is 0 Å². The van der Waals surface area contributed by atoms with Crippen LogP contribution in [0.1, 0.15) is 43.2 Å². The number of hydrogen-bond donors (Lipinski definition) is 0. The summed E-state index contributed by atoms with van der Waals surface area (Å²) in [5.74, 6) is 3.51. The molecule has 1 unspecified atom stereocenters. The van der Waals surface area contributed by atoms with Crippen molar-refractivity contribution in [3.63, 3.8) is 0 Å². The summed E-state index contributed by atoms with van der Waals surface area (Å²) >= 11 is 4.21. The molecule has 0 saturated heterocycles. The topological polar surface area (TPSA) is 12.4 Å². The molecule has 140 valence electrons. The molecule has 1 nitrogen and oxygen atoms in total. The molecule has 2 aromatic rings. The van der Waals surface area contributed by atoms with E-state index in [1.807, 2.05) is 13.3 Å². The third-order valence-electron chi connectivity index (χ3n) is 4.32. The molecule has 0 fully saturated rings. The number of benzene rings is 2. The zero-order chi connectivity index (χ0) is 18.3. The van der Waals surface area contributed by atoms with Gasteiger partial charge in [0.25, 0.3) is 0 Å². The van der Waals surface area contributed by atoms with Crippen molar-refractivity contribution in [2.45, 2.75) is 48.9 Å². The van der Waals surface area contributed by atoms with Gasteiger partial charge < -0.3 is 4.99 Å². The van der Waals surface area contributed by atoms with Gasteiger partial charge in [-0.05, 0) is 48.8 Å². The van der Waals surface area contributed by atoms with Crippen molar-refractivity contribution in [2.24, 2.45) is 4.99 Å². The average molecular weight is 386 g/mol. The smallest absolute Gasteiger partial charge is 0.0273 e. The third-order valence-corrected chi connectivity index (χ3v) is 6.82. The van der Waals surface area contributed by atoms with E-state index >= 15 is 0 Å². The Hall–Kier alpha value is -1.19. The zero-order valence-corrected chi connectivity index (χ0v) is 17.5. The second-order valence-electron chi connectivity index (χ2n) is 6.47. The van der Waals surface area contributed by atoms with Crippen molar-refractivity contribution in [1.29, 1.82) is 0 Å². The van der Waals surface area contributed by atoms with E-state index in [1.165, 1.54) is 42.6 Å². The SMILES string of the molecule is C/N=C\CCCCC(CCSCc1ccccc1)SCc1ccccc1. The van der Waals surface area contributed by atoms with Gasteiger partial charge in [0.05, 0.1) is 0 Å². The van der Waals surface area contributed by atoms with Gasteiger partial charge in [-0.2, -0.15) is 23.5 Å². The molecule has 3 heteroatoms. The normalized spacial score (nSPS) is 12.5. The second kappa shape index (κ2) is 13.9. The van der Waals surface area contributed by atoms with Gasteiger partial charge in [0.15, 0.2) is 0 Å². The number of unbranched alkanes of at least 4 members (excludes halogenated alkanes) is 2. The minimum absolute atomic E-state index is 0.761. The molecule has 2 rings (SSSR count). The quantitative estimate of drug-likeness (QED) is 0.275. The number of thioether (sulfide) groups is 2. The van der Waals surface area contributed by atoms with Crippen LogP contribution in [0, 0.1) is 0 Å². The van der Waals surface area contributed by atoms with Gasteiger partial charge >= 0.3 is 0 Å². The summed E-state index contributed by atoms with van der Waals surface area (Å²) in [5, 5.41) is 0.761. The Balaban J connectivity index is 1.71. The van der Waals surface area contributed by atoms with Crippen LogP contribution >= 0.6 is 23.5 Å². The summed E-state index contributed by atoms with van der Waals surface area (Å²) < 4.78 is 0. The fraction of sp³-hybridized carbons (Fsp3) is 0.435. The van der Waals surface area contributed by atoms with Crippen molar-refractivity contribution in [3.05, 3.63) is 71.8 Å². The Morgan fingerprint density at radius 1 is 0.846 bits per heavy atom. The zero-order valence-electron chi connectivity index (χ0n) is 15.8. The van der Waals surface area contributed by atoms with E-state index < -0.39 is 0 Å². The molecule has 0 aromatic heterocycles. The predicted molar refractivity (Wildman–Crippen MR) is 122 cm³/mol. The third kappa shape index (κ3) is 9.49. The van der Waals surface area contributed by atoms with Gasteiger partial charge in [0, 0.05) is 23.8 Å². The fourth-order valence-electron chi connectivity index (χ4n) is 2.82. The molecule has 0 aliphatic heterocycles. The molecule has 2 aromatic carbocycles. The molecule has 0 aliphatic carbocycles. The Kier molecular flexibility index (Phi) is 11.3. The molecule has 0 amide bonds.